The number of nitrogens with zero attached hydrogens (tertiary/aromatic N) is 4. The van der Waals surface area contributed by atoms with E-state index in [0.29, 0.717) is 39.7 Å². The highest BCUT2D eigenvalue weighted by Gasteiger charge is 2.22. The second-order valence-corrected chi connectivity index (χ2v) is 7.65. The van der Waals surface area contributed by atoms with Crippen molar-refractivity contribution in [3.05, 3.63) is 63.4 Å². The van der Waals surface area contributed by atoms with E-state index in [2.05, 4.69) is 16.8 Å². The smallest absolute Gasteiger partial charge is 0.338 e. The molecule has 1 aliphatic rings. The first-order valence-electron chi connectivity index (χ1n) is 9.92. The maximum Gasteiger partial charge on any atom is 0.338 e. The first kappa shape index (κ1) is 20.4. The Labute approximate surface area is 179 Å². The summed E-state index contributed by atoms with van der Waals surface area (Å²) < 4.78 is 6.65. The Bertz CT molecular complexity index is 1140. The maximum atomic E-state index is 13.5. The minimum Gasteiger partial charge on any atom is -0.462 e. The third kappa shape index (κ3) is 3.78. The van der Waals surface area contributed by atoms with Crippen LogP contribution in [0.1, 0.15) is 17.3 Å². The van der Waals surface area contributed by atoms with Crippen LogP contribution in [0, 0.1) is 0 Å². The number of piperazine rings is 1. The number of ether oxygens (including phenoxy) is 1. The topological polar surface area (TPSA) is 67.7 Å². The standard InChI is InChI=1S/C22H23ClN4O3/c1-3-30-21(29)15-7-9-16(10-8-15)27-20(28)17-5-4-6-18(23)19(17)24-22(27)26-13-11-25(2)12-14-26/h4-10H,3,11-14H2,1-2H3. The van der Waals surface area contributed by atoms with E-state index in [1.807, 2.05) is 0 Å². The normalized spacial score (nSPS) is 14.8. The van der Waals surface area contributed by atoms with Crippen molar-refractivity contribution in [3.63, 3.8) is 0 Å². The van der Waals surface area contributed by atoms with Crippen molar-refractivity contribution in [2.45, 2.75) is 6.92 Å². The molecule has 7 nitrogen and oxygen atoms in total. The van der Waals surface area contributed by atoms with E-state index in [-0.39, 0.29) is 11.5 Å². The molecule has 3 aromatic rings. The van der Waals surface area contributed by atoms with Gasteiger partial charge in [0.25, 0.3) is 5.56 Å². The summed E-state index contributed by atoms with van der Waals surface area (Å²) in [7, 11) is 2.07. The first-order chi connectivity index (χ1) is 14.5. The van der Waals surface area contributed by atoms with Gasteiger partial charge in [-0.15, -0.1) is 0 Å². The highest BCUT2D eigenvalue weighted by Crippen LogP contribution is 2.25. The van der Waals surface area contributed by atoms with Gasteiger partial charge < -0.3 is 14.5 Å². The van der Waals surface area contributed by atoms with Crippen molar-refractivity contribution in [2.24, 2.45) is 0 Å². The van der Waals surface area contributed by atoms with Crippen LogP contribution in [0.5, 0.6) is 0 Å². The lowest BCUT2D eigenvalue weighted by atomic mass is 10.2. The van der Waals surface area contributed by atoms with Crippen LogP contribution in [0.15, 0.2) is 47.3 Å². The van der Waals surface area contributed by atoms with E-state index >= 15 is 0 Å². The third-order valence-corrected chi connectivity index (χ3v) is 5.56. The van der Waals surface area contributed by atoms with E-state index in [1.54, 1.807) is 54.0 Å². The van der Waals surface area contributed by atoms with Gasteiger partial charge >= 0.3 is 5.97 Å². The summed E-state index contributed by atoms with van der Waals surface area (Å²) in [6.45, 7) is 5.32. The summed E-state index contributed by atoms with van der Waals surface area (Å²) in [5.74, 6) is 0.164. The predicted octanol–water partition coefficient (Wildman–Crippen LogP) is 2.97. The number of fused-ring (bicyclic) bond motifs is 1. The Hall–Kier alpha value is -2.90. The van der Waals surface area contributed by atoms with Gasteiger partial charge in [0.1, 0.15) is 0 Å². The third-order valence-electron chi connectivity index (χ3n) is 5.25. The van der Waals surface area contributed by atoms with Crippen LogP contribution in [0.25, 0.3) is 16.6 Å². The van der Waals surface area contributed by atoms with Crippen molar-refractivity contribution in [2.75, 3.05) is 44.7 Å². The summed E-state index contributed by atoms with van der Waals surface area (Å²) in [6.07, 6.45) is 0. The number of carbonyl (C=O) groups excluding carboxylic acids is 1. The number of anilines is 1. The largest absolute Gasteiger partial charge is 0.462 e. The predicted molar refractivity (Wildman–Crippen MR) is 118 cm³/mol. The Balaban J connectivity index is 1.87. The number of para-hydroxylation sites is 1. The average Bonchev–Trinajstić information content (AvgIpc) is 2.75. The molecule has 0 saturated carbocycles. The quantitative estimate of drug-likeness (QED) is 0.597. The molecule has 0 spiro atoms. The van der Waals surface area contributed by atoms with Crippen molar-refractivity contribution in [1.82, 2.24) is 14.5 Å². The average molecular weight is 427 g/mol. The van der Waals surface area contributed by atoms with Crippen LogP contribution in [0.4, 0.5) is 5.95 Å². The fourth-order valence-electron chi connectivity index (χ4n) is 3.58. The minimum absolute atomic E-state index is 0.194. The first-order valence-corrected chi connectivity index (χ1v) is 10.3. The fourth-order valence-corrected chi connectivity index (χ4v) is 3.79. The summed E-state index contributed by atoms with van der Waals surface area (Å²) in [4.78, 5) is 34.6. The molecule has 1 aromatic heterocycles. The molecule has 0 aliphatic carbocycles. The van der Waals surface area contributed by atoms with Gasteiger partial charge in [0.05, 0.1) is 33.8 Å². The zero-order valence-electron chi connectivity index (χ0n) is 17.0. The van der Waals surface area contributed by atoms with Gasteiger partial charge in [-0.3, -0.25) is 4.79 Å². The number of rotatable bonds is 4. The number of carbonyl (C=O) groups is 1. The number of aromatic nitrogens is 2. The molecule has 1 aliphatic heterocycles. The van der Waals surface area contributed by atoms with E-state index in [4.69, 9.17) is 21.3 Å². The molecule has 0 atom stereocenters. The van der Waals surface area contributed by atoms with Crippen LogP contribution < -0.4 is 10.5 Å². The van der Waals surface area contributed by atoms with Gasteiger partial charge in [0, 0.05) is 26.2 Å². The van der Waals surface area contributed by atoms with Crippen molar-refractivity contribution in [1.29, 1.82) is 0 Å². The number of benzene rings is 2. The van der Waals surface area contributed by atoms with Crippen molar-refractivity contribution < 1.29 is 9.53 Å². The number of halogens is 1. The van der Waals surface area contributed by atoms with Crippen LogP contribution in [-0.2, 0) is 4.74 Å². The summed E-state index contributed by atoms with van der Waals surface area (Å²) in [5.41, 5.74) is 1.38. The Morgan fingerprint density at radius 1 is 1.10 bits per heavy atom. The van der Waals surface area contributed by atoms with E-state index < -0.39 is 0 Å². The maximum absolute atomic E-state index is 13.5. The molecule has 30 heavy (non-hydrogen) atoms. The monoisotopic (exact) mass is 426 g/mol. The van der Waals surface area contributed by atoms with Crippen LogP contribution in [-0.4, -0.2) is 60.3 Å². The molecule has 0 bridgehead atoms. The fraction of sp³-hybridized carbons (Fsp3) is 0.318. The highest BCUT2D eigenvalue weighted by molar-refractivity contribution is 6.35. The Kier molecular flexibility index (Phi) is 5.74. The number of hydrogen-bond acceptors (Lipinski definition) is 6. The molecule has 156 valence electrons. The summed E-state index contributed by atoms with van der Waals surface area (Å²) >= 11 is 6.36. The van der Waals surface area contributed by atoms with Crippen LogP contribution in [0.2, 0.25) is 5.02 Å². The van der Waals surface area contributed by atoms with Crippen molar-refractivity contribution in [3.8, 4) is 5.69 Å². The van der Waals surface area contributed by atoms with Gasteiger partial charge in [-0.2, -0.15) is 0 Å². The lowest BCUT2D eigenvalue weighted by molar-refractivity contribution is 0.0526. The van der Waals surface area contributed by atoms with E-state index in [1.165, 1.54) is 0 Å². The molecule has 1 fully saturated rings. The zero-order valence-corrected chi connectivity index (χ0v) is 17.7. The molecule has 0 radical (unpaired) electrons. The van der Waals surface area contributed by atoms with E-state index in [9.17, 15) is 9.59 Å². The molecule has 1 saturated heterocycles. The lowest BCUT2D eigenvalue weighted by Gasteiger charge is -2.34. The minimum atomic E-state index is -0.390. The molecule has 4 rings (SSSR count). The molecule has 0 unspecified atom stereocenters. The molecule has 0 amide bonds. The van der Waals surface area contributed by atoms with Crippen LogP contribution >= 0.6 is 11.6 Å². The SMILES string of the molecule is CCOC(=O)c1ccc(-n2c(N3CCN(C)CC3)nc3c(Cl)cccc3c2=O)cc1. The number of likely N-dealkylation sites (N-methyl/N-ethyl adjacent to an activating group) is 1. The molecular formula is C22H23ClN4O3. The molecule has 2 heterocycles. The lowest BCUT2D eigenvalue weighted by Crippen LogP contribution is -2.46. The number of esters is 1. The second kappa shape index (κ2) is 8.45. The van der Waals surface area contributed by atoms with Gasteiger partial charge in [-0.05, 0) is 50.4 Å². The number of hydrogen-bond donors (Lipinski definition) is 0. The highest BCUT2D eigenvalue weighted by atomic mass is 35.5. The summed E-state index contributed by atoms with van der Waals surface area (Å²) in [6, 6.07) is 12.0. The van der Waals surface area contributed by atoms with Crippen LogP contribution in [0.3, 0.4) is 0 Å². The van der Waals surface area contributed by atoms with Gasteiger partial charge in [-0.25, -0.2) is 14.3 Å². The molecule has 2 aromatic carbocycles. The van der Waals surface area contributed by atoms with Gasteiger partial charge in [-0.1, -0.05) is 17.7 Å². The van der Waals surface area contributed by atoms with Gasteiger partial charge in [0.2, 0.25) is 5.95 Å². The summed E-state index contributed by atoms with van der Waals surface area (Å²) in [5, 5.41) is 0.902. The Morgan fingerprint density at radius 3 is 2.47 bits per heavy atom. The zero-order chi connectivity index (χ0) is 21.3. The van der Waals surface area contributed by atoms with Crippen molar-refractivity contribution >= 4 is 34.4 Å². The Morgan fingerprint density at radius 2 is 1.80 bits per heavy atom. The molecular weight excluding hydrogens is 404 g/mol. The van der Waals surface area contributed by atoms with Gasteiger partial charge in [0.15, 0.2) is 0 Å². The molecule has 8 heteroatoms. The second-order valence-electron chi connectivity index (χ2n) is 7.25. The molecule has 0 N–H and O–H groups in total. The van der Waals surface area contributed by atoms with E-state index in [0.717, 1.165) is 26.2 Å².